The first-order chi connectivity index (χ1) is 14.8. The minimum absolute atomic E-state index is 0.0963. The van der Waals surface area contributed by atoms with Crippen LogP contribution >= 0.6 is 0 Å². The molecule has 5 rings (SSSR count). The zero-order chi connectivity index (χ0) is 21.8. The Labute approximate surface area is 185 Å². The molecule has 0 bridgehead atoms. The molecule has 6 heteroatoms. The summed E-state index contributed by atoms with van der Waals surface area (Å²) in [6.07, 6.45) is 4.98. The van der Waals surface area contributed by atoms with E-state index in [0.717, 1.165) is 57.4 Å². The molecule has 1 aromatic carbocycles. The number of nitrogens with one attached hydrogen (secondary N) is 1. The van der Waals surface area contributed by atoms with Crippen LogP contribution in [0.15, 0.2) is 18.2 Å². The molecular weight excluding hydrogens is 390 g/mol. The van der Waals surface area contributed by atoms with Gasteiger partial charge in [0.1, 0.15) is 0 Å². The number of hydrogen-bond donors (Lipinski definition) is 2. The summed E-state index contributed by atoms with van der Waals surface area (Å²) in [5.74, 6) is 1.11. The molecule has 1 aromatic rings. The highest BCUT2D eigenvalue weighted by Crippen LogP contribution is 2.45. The number of aliphatic hydroxyl groups is 1. The van der Waals surface area contributed by atoms with Crippen LogP contribution in [0.5, 0.6) is 0 Å². The summed E-state index contributed by atoms with van der Waals surface area (Å²) in [6.45, 7) is 7.07. The predicted molar refractivity (Wildman–Crippen MR) is 120 cm³/mol. The Morgan fingerprint density at radius 3 is 2.68 bits per heavy atom. The molecule has 2 saturated carbocycles. The van der Waals surface area contributed by atoms with Crippen molar-refractivity contribution in [3.8, 4) is 0 Å². The lowest BCUT2D eigenvalue weighted by molar-refractivity contribution is -0.128. The SMILES string of the molecule is Cc1ccc2c(c1)CCCN2C(=O)CN1C[C@H]2C[C@H](O)[C@@H](NC(=O)C3(C)CC3)C[C@H]2C1. The molecule has 2 aliphatic carbocycles. The molecule has 4 atom stereocenters. The van der Waals surface area contributed by atoms with E-state index >= 15 is 0 Å². The van der Waals surface area contributed by atoms with Crippen LogP contribution in [0.1, 0.15) is 50.2 Å². The molecular formula is C25H35N3O3. The number of rotatable bonds is 4. The summed E-state index contributed by atoms with van der Waals surface area (Å²) < 4.78 is 0. The average Bonchev–Trinajstić information content (AvgIpc) is 3.37. The van der Waals surface area contributed by atoms with Crippen LogP contribution in [0.25, 0.3) is 0 Å². The van der Waals surface area contributed by atoms with Crippen LogP contribution in [0.3, 0.4) is 0 Å². The van der Waals surface area contributed by atoms with E-state index in [9.17, 15) is 14.7 Å². The summed E-state index contributed by atoms with van der Waals surface area (Å²) in [6, 6.07) is 6.23. The quantitative estimate of drug-likeness (QED) is 0.776. The van der Waals surface area contributed by atoms with E-state index in [4.69, 9.17) is 0 Å². The molecule has 0 unspecified atom stereocenters. The van der Waals surface area contributed by atoms with Crippen LogP contribution in [-0.4, -0.2) is 60.1 Å². The molecule has 0 aromatic heterocycles. The number of carbonyl (C=O) groups is 2. The van der Waals surface area contributed by atoms with Gasteiger partial charge < -0.3 is 15.3 Å². The Bertz CT molecular complexity index is 881. The van der Waals surface area contributed by atoms with E-state index in [1.165, 1.54) is 11.1 Å². The van der Waals surface area contributed by atoms with E-state index in [2.05, 4.69) is 35.3 Å². The van der Waals surface area contributed by atoms with Gasteiger partial charge in [0.25, 0.3) is 0 Å². The first kappa shape index (κ1) is 21.0. The van der Waals surface area contributed by atoms with Crippen molar-refractivity contribution in [1.82, 2.24) is 10.2 Å². The summed E-state index contributed by atoms with van der Waals surface area (Å²) in [7, 11) is 0. The summed E-state index contributed by atoms with van der Waals surface area (Å²) in [5, 5.41) is 13.8. The molecule has 6 nitrogen and oxygen atoms in total. The fraction of sp³-hybridized carbons (Fsp3) is 0.680. The largest absolute Gasteiger partial charge is 0.391 e. The van der Waals surface area contributed by atoms with Crippen LogP contribution in [0.4, 0.5) is 5.69 Å². The number of likely N-dealkylation sites (tertiary alicyclic amines) is 1. The van der Waals surface area contributed by atoms with Crippen molar-refractivity contribution in [1.29, 1.82) is 0 Å². The number of aryl methyl sites for hydroxylation is 2. The van der Waals surface area contributed by atoms with Crippen molar-refractivity contribution in [2.45, 2.75) is 64.5 Å². The number of benzene rings is 1. The van der Waals surface area contributed by atoms with E-state index in [0.29, 0.717) is 24.8 Å². The van der Waals surface area contributed by atoms with Crippen LogP contribution in [0, 0.1) is 24.2 Å². The van der Waals surface area contributed by atoms with Crippen molar-refractivity contribution in [2.75, 3.05) is 31.1 Å². The van der Waals surface area contributed by atoms with Gasteiger partial charge in [-0.1, -0.05) is 24.6 Å². The van der Waals surface area contributed by atoms with Gasteiger partial charge in [-0.15, -0.1) is 0 Å². The molecule has 0 radical (unpaired) electrons. The van der Waals surface area contributed by atoms with E-state index < -0.39 is 6.10 Å². The lowest BCUT2D eigenvalue weighted by Gasteiger charge is -2.36. The molecule has 31 heavy (non-hydrogen) atoms. The van der Waals surface area contributed by atoms with Gasteiger partial charge in [-0.3, -0.25) is 14.5 Å². The summed E-state index contributed by atoms with van der Waals surface area (Å²) in [4.78, 5) is 29.9. The second kappa shape index (κ2) is 7.89. The highest BCUT2D eigenvalue weighted by atomic mass is 16.3. The highest BCUT2D eigenvalue weighted by Gasteiger charge is 2.48. The topological polar surface area (TPSA) is 72.9 Å². The van der Waals surface area contributed by atoms with Crippen LogP contribution in [0.2, 0.25) is 0 Å². The fourth-order valence-electron chi connectivity index (χ4n) is 5.83. The number of anilines is 1. The number of amides is 2. The minimum Gasteiger partial charge on any atom is -0.391 e. The zero-order valence-corrected chi connectivity index (χ0v) is 18.8. The first-order valence-corrected chi connectivity index (χ1v) is 11.9. The summed E-state index contributed by atoms with van der Waals surface area (Å²) in [5.41, 5.74) is 3.38. The molecule has 0 spiro atoms. The number of carbonyl (C=O) groups excluding carboxylic acids is 2. The van der Waals surface area contributed by atoms with E-state index in [1.54, 1.807) is 0 Å². The van der Waals surface area contributed by atoms with Gasteiger partial charge in [0.2, 0.25) is 11.8 Å². The smallest absolute Gasteiger partial charge is 0.241 e. The maximum absolute atomic E-state index is 13.2. The molecule has 2 heterocycles. The van der Waals surface area contributed by atoms with Gasteiger partial charge in [-0.2, -0.15) is 0 Å². The van der Waals surface area contributed by atoms with Crippen molar-refractivity contribution < 1.29 is 14.7 Å². The average molecular weight is 426 g/mol. The molecule has 2 amide bonds. The first-order valence-electron chi connectivity index (χ1n) is 11.9. The minimum atomic E-state index is -0.486. The van der Waals surface area contributed by atoms with Crippen LogP contribution < -0.4 is 10.2 Å². The Hall–Kier alpha value is -1.92. The van der Waals surface area contributed by atoms with Gasteiger partial charge >= 0.3 is 0 Å². The number of aliphatic hydroxyl groups excluding tert-OH is 1. The maximum Gasteiger partial charge on any atom is 0.241 e. The third-order valence-corrected chi connectivity index (χ3v) is 8.10. The molecule has 4 aliphatic rings. The lowest BCUT2D eigenvalue weighted by atomic mass is 9.77. The summed E-state index contributed by atoms with van der Waals surface area (Å²) >= 11 is 0. The number of nitrogens with zero attached hydrogens (tertiary/aromatic N) is 2. The molecule has 2 aliphatic heterocycles. The van der Waals surface area contributed by atoms with Crippen molar-refractivity contribution in [3.05, 3.63) is 29.3 Å². The Kier molecular flexibility index (Phi) is 5.33. The van der Waals surface area contributed by atoms with Gasteiger partial charge in [0, 0.05) is 30.7 Å². The van der Waals surface area contributed by atoms with Gasteiger partial charge in [0.05, 0.1) is 18.7 Å². The molecule has 2 N–H and O–H groups in total. The second-order valence-electron chi connectivity index (χ2n) is 10.7. The number of fused-ring (bicyclic) bond motifs is 2. The monoisotopic (exact) mass is 425 g/mol. The molecule has 1 saturated heterocycles. The Balaban J connectivity index is 1.19. The van der Waals surface area contributed by atoms with Crippen molar-refractivity contribution in [3.63, 3.8) is 0 Å². The van der Waals surface area contributed by atoms with Gasteiger partial charge in [-0.25, -0.2) is 0 Å². The van der Waals surface area contributed by atoms with Gasteiger partial charge in [0.15, 0.2) is 0 Å². The molecule has 3 fully saturated rings. The highest BCUT2D eigenvalue weighted by molar-refractivity contribution is 5.96. The molecule has 168 valence electrons. The zero-order valence-electron chi connectivity index (χ0n) is 18.8. The second-order valence-corrected chi connectivity index (χ2v) is 10.7. The normalized spacial score (nSPS) is 31.6. The van der Waals surface area contributed by atoms with E-state index in [1.807, 2.05) is 11.8 Å². The van der Waals surface area contributed by atoms with Crippen molar-refractivity contribution in [2.24, 2.45) is 17.3 Å². The van der Waals surface area contributed by atoms with Crippen molar-refractivity contribution >= 4 is 17.5 Å². The standard InChI is InChI=1S/C25H35N3O3/c1-16-5-6-21-17(10-16)4-3-9-28(21)23(30)15-27-13-18-11-20(22(29)12-19(18)14-27)26-24(31)25(2)7-8-25/h5-6,10,18-20,22,29H,3-4,7-9,11-15H2,1-2H3,(H,26,31)/t18-,19+,20-,22-/m0/s1. The lowest BCUT2D eigenvalue weighted by Crippen LogP contribution is -2.50. The third kappa shape index (κ3) is 4.12. The fourth-order valence-corrected chi connectivity index (χ4v) is 5.83. The predicted octanol–water partition coefficient (Wildman–Crippen LogP) is 2.26. The van der Waals surface area contributed by atoms with Crippen LogP contribution in [-0.2, 0) is 16.0 Å². The number of hydrogen-bond acceptors (Lipinski definition) is 4. The van der Waals surface area contributed by atoms with E-state index in [-0.39, 0.29) is 23.3 Å². The maximum atomic E-state index is 13.2. The Morgan fingerprint density at radius 1 is 1.19 bits per heavy atom. The Morgan fingerprint density at radius 2 is 1.94 bits per heavy atom. The van der Waals surface area contributed by atoms with Gasteiger partial charge in [-0.05, 0) is 68.9 Å². The third-order valence-electron chi connectivity index (χ3n) is 8.10.